The van der Waals surface area contributed by atoms with Crippen molar-refractivity contribution in [3.05, 3.63) is 58.1 Å². The number of alkyl carbamates (subject to hydrolysis) is 1. The molecular weight excluding hydrogens is 438 g/mol. The van der Waals surface area contributed by atoms with Crippen LogP contribution in [-0.2, 0) is 20.7 Å². The summed E-state index contributed by atoms with van der Waals surface area (Å²) in [5.74, 6) is -0.548. The molecule has 1 N–H and O–H groups in total. The van der Waals surface area contributed by atoms with Crippen molar-refractivity contribution < 1.29 is 23.9 Å². The second kappa shape index (κ2) is 9.69. The fourth-order valence-corrected chi connectivity index (χ4v) is 3.13. The summed E-state index contributed by atoms with van der Waals surface area (Å²) < 4.78 is 10.7. The third kappa shape index (κ3) is 6.71. The molecule has 7 heteroatoms. The van der Waals surface area contributed by atoms with Crippen LogP contribution >= 0.6 is 15.9 Å². The van der Waals surface area contributed by atoms with E-state index in [0.29, 0.717) is 5.56 Å². The van der Waals surface area contributed by atoms with Crippen LogP contribution in [0.25, 0.3) is 11.1 Å². The van der Waals surface area contributed by atoms with Crippen LogP contribution < -0.4 is 5.32 Å². The lowest BCUT2D eigenvalue weighted by Crippen LogP contribution is -2.45. The van der Waals surface area contributed by atoms with Gasteiger partial charge in [0.1, 0.15) is 11.6 Å². The first kappa shape index (κ1) is 22.6. The van der Waals surface area contributed by atoms with Gasteiger partial charge in [0.2, 0.25) is 0 Å². The molecule has 0 radical (unpaired) electrons. The maximum Gasteiger partial charge on any atom is 0.408 e. The molecule has 0 saturated carbocycles. The molecular formula is C22H24BrNO5. The Kier molecular flexibility index (Phi) is 7.56. The van der Waals surface area contributed by atoms with E-state index in [9.17, 15) is 14.4 Å². The van der Waals surface area contributed by atoms with Crippen molar-refractivity contribution in [1.82, 2.24) is 5.32 Å². The minimum absolute atomic E-state index is 0.264. The Morgan fingerprint density at radius 3 is 2.24 bits per heavy atom. The van der Waals surface area contributed by atoms with Crippen LogP contribution in [0, 0.1) is 0 Å². The minimum atomic E-state index is -0.860. The summed E-state index contributed by atoms with van der Waals surface area (Å²) in [5.41, 5.74) is 2.68. The second-order valence-electron chi connectivity index (χ2n) is 7.48. The highest BCUT2D eigenvalue weighted by molar-refractivity contribution is 9.10. The van der Waals surface area contributed by atoms with Gasteiger partial charge in [0.15, 0.2) is 6.29 Å². The van der Waals surface area contributed by atoms with Crippen LogP contribution in [0.3, 0.4) is 0 Å². The van der Waals surface area contributed by atoms with Crippen LogP contribution in [0.2, 0.25) is 0 Å². The van der Waals surface area contributed by atoms with E-state index >= 15 is 0 Å². The number of amides is 1. The van der Waals surface area contributed by atoms with Gasteiger partial charge in [-0.05, 0) is 49.6 Å². The minimum Gasteiger partial charge on any atom is -0.467 e. The smallest absolute Gasteiger partial charge is 0.408 e. The zero-order valence-corrected chi connectivity index (χ0v) is 18.4. The molecule has 2 aromatic carbocycles. The molecule has 2 aromatic rings. The standard InChI is InChI=1S/C22H24BrNO5/c1-22(2,3)29-21(27)24-19(20(26)28-4)11-14-5-7-15(8-6-14)16-9-10-17(13-25)18(23)12-16/h5-10,12-13,19H,11H2,1-4H3,(H,24,27)/t19-/m0/s1. The van der Waals surface area contributed by atoms with Gasteiger partial charge in [-0.1, -0.05) is 46.3 Å². The lowest BCUT2D eigenvalue weighted by molar-refractivity contribution is -0.143. The average Bonchev–Trinajstić information content (AvgIpc) is 2.66. The predicted octanol–water partition coefficient (Wildman–Crippen LogP) is 4.54. The Hall–Kier alpha value is -2.67. The van der Waals surface area contributed by atoms with Gasteiger partial charge < -0.3 is 14.8 Å². The van der Waals surface area contributed by atoms with Crippen LogP contribution in [-0.4, -0.2) is 37.1 Å². The van der Waals surface area contributed by atoms with E-state index in [4.69, 9.17) is 9.47 Å². The lowest BCUT2D eigenvalue weighted by Gasteiger charge is -2.22. The van der Waals surface area contributed by atoms with E-state index in [2.05, 4.69) is 21.2 Å². The first-order chi connectivity index (χ1) is 13.6. The summed E-state index contributed by atoms with van der Waals surface area (Å²) in [7, 11) is 1.27. The molecule has 0 unspecified atom stereocenters. The highest BCUT2D eigenvalue weighted by atomic mass is 79.9. The molecule has 0 aliphatic heterocycles. The SMILES string of the molecule is COC(=O)[C@H](Cc1ccc(-c2ccc(C=O)c(Br)c2)cc1)NC(=O)OC(C)(C)C. The molecule has 1 atom stereocenters. The van der Waals surface area contributed by atoms with Gasteiger partial charge in [0.25, 0.3) is 0 Å². The van der Waals surface area contributed by atoms with Gasteiger partial charge in [-0.25, -0.2) is 9.59 Å². The Balaban J connectivity index is 2.14. The fraction of sp³-hybridized carbons (Fsp3) is 0.318. The maximum absolute atomic E-state index is 12.1. The van der Waals surface area contributed by atoms with Crippen LogP contribution in [0.15, 0.2) is 46.9 Å². The number of nitrogens with one attached hydrogen (secondary N) is 1. The summed E-state index contributed by atoms with van der Waals surface area (Å²) in [6.45, 7) is 5.25. The van der Waals surface area contributed by atoms with Crippen LogP contribution in [0.4, 0.5) is 4.79 Å². The van der Waals surface area contributed by atoms with Crippen molar-refractivity contribution in [3.63, 3.8) is 0 Å². The molecule has 0 bridgehead atoms. The maximum atomic E-state index is 12.1. The summed E-state index contributed by atoms with van der Waals surface area (Å²) in [6.07, 6.45) is 0.381. The molecule has 0 heterocycles. The van der Waals surface area contributed by atoms with E-state index in [1.54, 1.807) is 26.8 Å². The zero-order valence-electron chi connectivity index (χ0n) is 16.8. The molecule has 2 rings (SSSR count). The molecule has 0 spiro atoms. The molecule has 0 aliphatic rings. The van der Waals surface area contributed by atoms with E-state index in [0.717, 1.165) is 27.4 Å². The van der Waals surface area contributed by atoms with Crippen molar-refractivity contribution in [2.75, 3.05) is 7.11 Å². The summed E-state index contributed by atoms with van der Waals surface area (Å²) in [4.78, 5) is 35.1. The molecule has 0 fully saturated rings. The Morgan fingerprint density at radius 2 is 1.72 bits per heavy atom. The number of ether oxygens (including phenoxy) is 2. The first-order valence-corrected chi connectivity index (χ1v) is 9.83. The molecule has 154 valence electrons. The van der Waals surface area contributed by atoms with Crippen LogP contribution in [0.5, 0.6) is 0 Å². The van der Waals surface area contributed by atoms with E-state index in [1.807, 2.05) is 36.4 Å². The number of esters is 1. The van der Waals surface area contributed by atoms with Gasteiger partial charge >= 0.3 is 12.1 Å². The molecule has 0 saturated heterocycles. The first-order valence-electron chi connectivity index (χ1n) is 9.04. The molecule has 29 heavy (non-hydrogen) atoms. The molecule has 0 aromatic heterocycles. The Bertz CT molecular complexity index is 887. The van der Waals surface area contributed by atoms with E-state index in [-0.39, 0.29) is 6.42 Å². The normalized spacial score (nSPS) is 12.0. The Morgan fingerprint density at radius 1 is 1.10 bits per heavy atom. The third-order valence-corrected chi connectivity index (χ3v) is 4.72. The van der Waals surface area contributed by atoms with Crippen molar-refractivity contribution in [2.24, 2.45) is 0 Å². The number of carbonyl (C=O) groups excluding carboxylic acids is 3. The number of methoxy groups -OCH3 is 1. The van der Waals surface area contributed by atoms with Gasteiger partial charge in [-0.15, -0.1) is 0 Å². The number of halogens is 1. The van der Waals surface area contributed by atoms with Crippen molar-refractivity contribution in [2.45, 2.75) is 38.8 Å². The highest BCUT2D eigenvalue weighted by Gasteiger charge is 2.25. The largest absolute Gasteiger partial charge is 0.467 e. The van der Waals surface area contributed by atoms with Crippen LogP contribution in [0.1, 0.15) is 36.7 Å². The number of aldehydes is 1. The fourth-order valence-electron chi connectivity index (χ4n) is 2.66. The van der Waals surface area contributed by atoms with E-state index in [1.165, 1.54) is 7.11 Å². The topological polar surface area (TPSA) is 81.7 Å². The lowest BCUT2D eigenvalue weighted by atomic mass is 10.00. The summed E-state index contributed by atoms with van der Waals surface area (Å²) in [5, 5.41) is 2.56. The van der Waals surface area contributed by atoms with Gasteiger partial charge in [0, 0.05) is 16.5 Å². The van der Waals surface area contributed by atoms with Crippen molar-refractivity contribution in [3.8, 4) is 11.1 Å². The number of benzene rings is 2. The number of hydrogen-bond donors (Lipinski definition) is 1. The average molecular weight is 462 g/mol. The second-order valence-corrected chi connectivity index (χ2v) is 8.33. The summed E-state index contributed by atoms with van der Waals surface area (Å²) >= 11 is 3.38. The van der Waals surface area contributed by atoms with Crippen molar-refractivity contribution in [1.29, 1.82) is 0 Å². The third-order valence-electron chi connectivity index (χ3n) is 4.03. The number of carbonyl (C=O) groups is 3. The quantitative estimate of drug-likeness (QED) is 0.504. The summed E-state index contributed by atoms with van der Waals surface area (Å²) in [6, 6.07) is 12.2. The van der Waals surface area contributed by atoms with Crippen molar-refractivity contribution >= 4 is 34.3 Å². The number of rotatable bonds is 6. The van der Waals surface area contributed by atoms with Gasteiger partial charge in [0.05, 0.1) is 7.11 Å². The monoisotopic (exact) mass is 461 g/mol. The van der Waals surface area contributed by atoms with E-state index < -0.39 is 23.7 Å². The van der Waals surface area contributed by atoms with Gasteiger partial charge in [-0.2, -0.15) is 0 Å². The molecule has 6 nitrogen and oxygen atoms in total. The molecule has 0 aliphatic carbocycles. The predicted molar refractivity (Wildman–Crippen MR) is 114 cm³/mol. The number of hydrogen-bond acceptors (Lipinski definition) is 5. The zero-order chi connectivity index (χ0) is 21.6. The molecule has 1 amide bonds. The van der Waals surface area contributed by atoms with Gasteiger partial charge in [-0.3, -0.25) is 4.79 Å². The highest BCUT2D eigenvalue weighted by Crippen LogP contribution is 2.26. The Labute approximate surface area is 178 Å².